The van der Waals surface area contributed by atoms with Crippen LogP contribution in [0.1, 0.15) is 19.8 Å². The van der Waals surface area contributed by atoms with Crippen molar-refractivity contribution in [2.45, 2.75) is 24.6 Å². The molecule has 1 aromatic carbocycles. The van der Waals surface area contributed by atoms with Crippen LogP contribution in [0.4, 0.5) is 5.82 Å². The highest BCUT2D eigenvalue weighted by molar-refractivity contribution is 9.09. The van der Waals surface area contributed by atoms with Crippen LogP contribution in [0.2, 0.25) is 0 Å². The van der Waals surface area contributed by atoms with Crippen LogP contribution in [0.5, 0.6) is 0 Å². The summed E-state index contributed by atoms with van der Waals surface area (Å²) in [6.45, 7) is 3.14. The van der Waals surface area contributed by atoms with Crippen molar-refractivity contribution in [2.75, 3.05) is 11.9 Å². The molecule has 3 heteroatoms. The first-order valence-corrected chi connectivity index (χ1v) is 6.95. The second-order valence-electron chi connectivity index (χ2n) is 4.11. The molecular weight excluding hydrogens is 276 g/mol. The first-order chi connectivity index (χ1) is 8.29. The van der Waals surface area contributed by atoms with E-state index >= 15 is 0 Å². The molecule has 1 aromatic heterocycles. The standard InChI is InChI=1S/C14H17BrN2/c1-2-12(15)9-10-16-14-8-7-11-5-3-4-6-13(11)17-14/h3-8,12H,2,9-10H2,1H3,(H,16,17). The Morgan fingerprint density at radius 2 is 2.06 bits per heavy atom. The zero-order chi connectivity index (χ0) is 12.1. The van der Waals surface area contributed by atoms with E-state index in [-0.39, 0.29) is 0 Å². The topological polar surface area (TPSA) is 24.9 Å². The molecule has 0 saturated carbocycles. The minimum atomic E-state index is 0.593. The first-order valence-electron chi connectivity index (χ1n) is 6.03. The predicted molar refractivity (Wildman–Crippen MR) is 77.9 cm³/mol. The summed E-state index contributed by atoms with van der Waals surface area (Å²) < 4.78 is 0. The van der Waals surface area contributed by atoms with Crippen LogP contribution in [-0.2, 0) is 0 Å². The number of halogens is 1. The Hall–Kier alpha value is -1.09. The molecule has 90 valence electrons. The average molecular weight is 293 g/mol. The van der Waals surface area contributed by atoms with E-state index in [9.17, 15) is 0 Å². The maximum atomic E-state index is 4.57. The fourth-order valence-corrected chi connectivity index (χ4v) is 1.95. The molecule has 0 spiro atoms. The van der Waals surface area contributed by atoms with Crippen molar-refractivity contribution in [3.63, 3.8) is 0 Å². The number of nitrogens with one attached hydrogen (secondary N) is 1. The maximum Gasteiger partial charge on any atom is 0.126 e. The van der Waals surface area contributed by atoms with Gasteiger partial charge in [0.2, 0.25) is 0 Å². The Morgan fingerprint density at radius 1 is 1.24 bits per heavy atom. The lowest BCUT2D eigenvalue weighted by Gasteiger charge is -2.09. The summed E-state index contributed by atoms with van der Waals surface area (Å²) in [4.78, 5) is 5.16. The van der Waals surface area contributed by atoms with Crippen LogP contribution in [0.25, 0.3) is 10.9 Å². The summed E-state index contributed by atoms with van der Waals surface area (Å²) in [6.07, 6.45) is 2.28. The molecule has 0 radical (unpaired) electrons. The van der Waals surface area contributed by atoms with E-state index < -0.39 is 0 Å². The molecule has 1 heterocycles. The fourth-order valence-electron chi connectivity index (χ4n) is 1.73. The number of nitrogens with zero attached hydrogens (tertiary/aromatic N) is 1. The molecule has 0 fully saturated rings. The van der Waals surface area contributed by atoms with Crippen LogP contribution in [0.15, 0.2) is 36.4 Å². The van der Waals surface area contributed by atoms with Gasteiger partial charge in [-0.2, -0.15) is 0 Å². The Morgan fingerprint density at radius 3 is 2.88 bits per heavy atom. The second-order valence-corrected chi connectivity index (χ2v) is 5.41. The van der Waals surface area contributed by atoms with Crippen LogP contribution in [-0.4, -0.2) is 16.4 Å². The van der Waals surface area contributed by atoms with Gasteiger partial charge in [-0.25, -0.2) is 4.98 Å². The van der Waals surface area contributed by atoms with Crippen molar-refractivity contribution >= 4 is 32.7 Å². The van der Waals surface area contributed by atoms with E-state index in [2.05, 4.69) is 45.3 Å². The van der Waals surface area contributed by atoms with Crippen molar-refractivity contribution < 1.29 is 0 Å². The first kappa shape index (κ1) is 12.4. The van der Waals surface area contributed by atoms with Gasteiger partial charge in [0.25, 0.3) is 0 Å². The number of pyridine rings is 1. The van der Waals surface area contributed by atoms with Gasteiger partial charge < -0.3 is 5.32 Å². The zero-order valence-electron chi connectivity index (χ0n) is 9.99. The number of benzene rings is 1. The van der Waals surface area contributed by atoms with Gasteiger partial charge in [0.1, 0.15) is 5.82 Å². The monoisotopic (exact) mass is 292 g/mol. The number of hydrogen-bond donors (Lipinski definition) is 1. The van der Waals surface area contributed by atoms with E-state index in [0.717, 1.165) is 30.7 Å². The highest BCUT2D eigenvalue weighted by Crippen LogP contribution is 2.15. The van der Waals surface area contributed by atoms with Gasteiger partial charge in [-0.05, 0) is 31.0 Å². The van der Waals surface area contributed by atoms with E-state index in [0.29, 0.717) is 4.83 Å². The van der Waals surface area contributed by atoms with Crippen molar-refractivity contribution in [1.82, 2.24) is 4.98 Å². The van der Waals surface area contributed by atoms with Gasteiger partial charge in [0.05, 0.1) is 5.52 Å². The molecule has 1 unspecified atom stereocenters. The molecule has 0 amide bonds. The van der Waals surface area contributed by atoms with Crippen LogP contribution >= 0.6 is 15.9 Å². The smallest absolute Gasteiger partial charge is 0.126 e. The minimum Gasteiger partial charge on any atom is -0.370 e. The van der Waals surface area contributed by atoms with Gasteiger partial charge in [-0.15, -0.1) is 0 Å². The molecule has 2 nitrogen and oxygen atoms in total. The number of rotatable bonds is 5. The Kier molecular flexibility index (Phi) is 4.37. The minimum absolute atomic E-state index is 0.593. The molecule has 0 bridgehead atoms. The van der Waals surface area contributed by atoms with E-state index in [4.69, 9.17) is 0 Å². The number of anilines is 1. The number of hydrogen-bond acceptors (Lipinski definition) is 2. The number of alkyl halides is 1. The van der Waals surface area contributed by atoms with Crippen molar-refractivity contribution in [3.05, 3.63) is 36.4 Å². The molecule has 1 atom stereocenters. The van der Waals surface area contributed by atoms with Gasteiger partial charge in [0, 0.05) is 16.8 Å². The highest BCUT2D eigenvalue weighted by atomic mass is 79.9. The maximum absolute atomic E-state index is 4.57. The van der Waals surface area contributed by atoms with Gasteiger partial charge in [-0.3, -0.25) is 0 Å². The molecule has 0 aliphatic rings. The quantitative estimate of drug-likeness (QED) is 0.835. The summed E-state index contributed by atoms with van der Waals surface area (Å²) in [7, 11) is 0. The molecule has 2 aromatic rings. The molecular formula is C14H17BrN2. The van der Waals surface area contributed by atoms with Crippen molar-refractivity contribution in [1.29, 1.82) is 0 Å². The van der Waals surface area contributed by atoms with Crippen LogP contribution in [0.3, 0.4) is 0 Å². The molecule has 1 N–H and O–H groups in total. The molecule has 2 rings (SSSR count). The number of para-hydroxylation sites is 1. The SMILES string of the molecule is CCC(Br)CCNc1ccc2ccccc2n1. The molecule has 0 saturated heterocycles. The second kappa shape index (κ2) is 6.01. The number of fused-ring (bicyclic) bond motifs is 1. The summed E-state index contributed by atoms with van der Waals surface area (Å²) in [6, 6.07) is 12.3. The third kappa shape index (κ3) is 3.43. The predicted octanol–water partition coefficient (Wildman–Crippen LogP) is 4.21. The number of aromatic nitrogens is 1. The molecule has 0 aliphatic heterocycles. The summed E-state index contributed by atoms with van der Waals surface area (Å²) in [5.74, 6) is 0.958. The average Bonchev–Trinajstić information content (AvgIpc) is 2.38. The normalized spacial score (nSPS) is 12.6. The fraction of sp³-hybridized carbons (Fsp3) is 0.357. The summed E-state index contributed by atoms with van der Waals surface area (Å²) in [5, 5.41) is 4.55. The summed E-state index contributed by atoms with van der Waals surface area (Å²) >= 11 is 3.63. The van der Waals surface area contributed by atoms with E-state index in [1.165, 1.54) is 5.39 Å². The third-order valence-corrected chi connectivity index (χ3v) is 3.91. The molecule has 17 heavy (non-hydrogen) atoms. The lowest BCUT2D eigenvalue weighted by molar-refractivity contribution is 0.773. The van der Waals surface area contributed by atoms with Gasteiger partial charge in [-0.1, -0.05) is 41.1 Å². The lowest BCUT2D eigenvalue weighted by atomic mass is 10.2. The van der Waals surface area contributed by atoms with Crippen molar-refractivity contribution in [3.8, 4) is 0 Å². The highest BCUT2D eigenvalue weighted by Gasteiger charge is 2.01. The largest absolute Gasteiger partial charge is 0.370 e. The van der Waals surface area contributed by atoms with Gasteiger partial charge in [0.15, 0.2) is 0 Å². The van der Waals surface area contributed by atoms with E-state index in [1.807, 2.05) is 24.3 Å². The Balaban J connectivity index is 1.99. The summed E-state index contributed by atoms with van der Waals surface area (Å²) in [5.41, 5.74) is 1.04. The molecule has 0 aliphatic carbocycles. The lowest BCUT2D eigenvalue weighted by Crippen LogP contribution is -2.08. The Labute approximate surface area is 111 Å². The zero-order valence-corrected chi connectivity index (χ0v) is 11.6. The van der Waals surface area contributed by atoms with Crippen molar-refractivity contribution in [2.24, 2.45) is 0 Å². The van der Waals surface area contributed by atoms with Crippen LogP contribution < -0.4 is 5.32 Å². The van der Waals surface area contributed by atoms with E-state index in [1.54, 1.807) is 0 Å². The third-order valence-electron chi connectivity index (χ3n) is 2.81. The Bertz CT molecular complexity index is 484. The van der Waals surface area contributed by atoms with Crippen LogP contribution in [0, 0.1) is 0 Å². The van der Waals surface area contributed by atoms with Gasteiger partial charge >= 0.3 is 0 Å².